The number of nitrogen functional groups attached to an aromatic ring is 1. The summed E-state index contributed by atoms with van der Waals surface area (Å²) in [6, 6.07) is 0. The third kappa shape index (κ3) is 6.52. The lowest BCUT2D eigenvalue weighted by Gasteiger charge is -2.41. The molecule has 2 aromatic rings. The molecule has 0 bridgehead atoms. The van der Waals surface area contributed by atoms with Gasteiger partial charge in [0.15, 0.2) is 24.0 Å². The summed E-state index contributed by atoms with van der Waals surface area (Å²) in [5.41, 5.74) is 4.23. The van der Waals surface area contributed by atoms with Gasteiger partial charge in [0, 0.05) is 0 Å². The predicted molar refractivity (Wildman–Crippen MR) is 139 cm³/mol. The van der Waals surface area contributed by atoms with Crippen LogP contribution in [0.25, 0.3) is 11.2 Å². The van der Waals surface area contributed by atoms with Gasteiger partial charge >= 0.3 is 14.6 Å². The van der Waals surface area contributed by atoms with Crippen LogP contribution >= 0.6 is 26.9 Å². The number of imidazole rings is 1. The van der Waals surface area contributed by atoms with Gasteiger partial charge in [0.25, 0.3) is 0 Å². The van der Waals surface area contributed by atoms with Crippen LogP contribution in [0.3, 0.4) is 0 Å². The molecule has 0 radical (unpaired) electrons. The van der Waals surface area contributed by atoms with Gasteiger partial charge in [-0.3, -0.25) is 13.6 Å². The fraction of sp³-hybridized carbons (Fsp3) is 0.737. The van der Waals surface area contributed by atoms with E-state index in [1.54, 1.807) is 6.92 Å². The van der Waals surface area contributed by atoms with Crippen molar-refractivity contribution in [3.63, 3.8) is 0 Å². The maximum Gasteiger partial charge on any atom is 0.482 e. The average molecular weight is 663 g/mol. The number of aliphatic hydroxyl groups is 7. The number of aliphatic hydroxyl groups excluding tert-OH is 6. The number of thiol groups is 1. The van der Waals surface area contributed by atoms with Crippen LogP contribution in [-0.4, -0.2) is 128 Å². The molecular weight excluding hydrogens is 632 g/mol. The Kier molecular flexibility index (Phi) is 10.0. The van der Waals surface area contributed by atoms with Crippen LogP contribution in [0.4, 0.5) is 5.82 Å². The van der Waals surface area contributed by atoms with Gasteiger partial charge < -0.3 is 55.8 Å². The van der Waals surface area contributed by atoms with Gasteiger partial charge in [-0.2, -0.15) is 4.31 Å². The van der Waals surface area contributed by atoms with Crippen molar-refractivity contribution in [1.82, 2.24) is 19.5 Å². The quantitative estimate of drug-likeness (QED) is 0.0854. The van der Waals surface area contributed by atoms with Crippen molar-refractivity contribution in [3.05, 3.63) is 12.7 Å². The van der Waals surface area contributed by atoms with Crippen molar-refractivity contribution in [2.45, 2.75) is 74.2 Å². The van der Waals surface area contributed by atoms with E-state index in [4.69, 9.17) is 24.8 Å². The number of anilines is 1. The van der Waals surface area contributed by atoms with Crippen molar-refractivity contribution in [2.24, 2.45) is 0 Å². The van der Waals surface area contributed by atoms with Crippen molar-refractivity contribution in [1.29, 1.82) is 0 Å². The highest BCUT2D eigenvalue weighted by molar-refractivity contribution is 8.45. The summed E-state index contributed by atoms with van der Waals surface area (Å²) in [5.74, 6) is 0.0537. The second-order valence-corrected chi connectivity index (χ2v) is 14.0. The van der Waals surface area contributed by atoms with Crippen LogP contribution in [-0.2, 0) is 32.0 Å². The van der Waals surface area contributed by atoms with Crippen LogP contribution < -0.4 is 5.73 Å². The first-order chi connectivity index (χ1) is 19.5. The fourth-order valence-electron chi connectivity index (χ4n) is 4.54. The molecule has 23 heteroatoms. The molecule has 4 heterocycles. The van der Waals surface area contributed by atoms with E-state index >= 15 is 0 Å². The average Bonchev–Trinajstić information content (AvgIpc) is 3.46. The monoisotopic (exact) mass is 663 g/mol. The SMILES string of the molecule is CC[C@@]1(O)[C@H](O)[C@@H](COP(=O)(S)OP(=O)(O)OC2OC([C@@H](O)CO)C(O)C(O)C2O)O[C@H]1n1cnc2c(N)ncnc21. The lowest BCUT2D eigenvalue weighted by Crippen LogP contribution is -2.61. The smallest absolute Gasteiger partial charge is 0.394 e. The Morgan fingerprint density at radius 3 is 2.50 bits per heavy atom. The van der Waals surface area contributed by atoms with Gasteiger partial charge in [0.2, 0.25) is 0 Å². The van der Waals surface area contributed by atoms with Crippen LogP contribution in [0.5, 0.6) is 0 Å². The second-order valence-electron chi connectivity index (χ2n) is 9.51. The molecule has 42 heavy (non-hydrogen) atoms. The molecule has 7 unspecified atom stereocenters. The lowest BCUT2D eigenvalue weighted by molar-refractivity contribution is -0.292. The highest BCUT2D eigenvalue weighted by Crippen LogP contribution is 2.66. The van der Waals surface area contributed by atoms with E-state index in [9.17, 15) is 44.7 Å². The molecule has 0 aliphatic carbocycles. The Balaban J connectivity index is 1.43. The molecule has 4 rings (SSSR count). The van der Waals surface area contributed by atoms with E-state index < -0.39 is 88.7 Å². The molecule has 0 saturated carbocycles. The maximum atomic E-state index is 12.8. The van der Waals surface area contributed by atoms with Gasteiger partial charge in [0.1, 0.15) is 60.2 Å². The van der Waals surface area contributed by atoms with Crippen molar-refractivity contribution < 1.29 is 72.6 Å². The minimum atomic E-state index is -5.50. The lowest BCUT2D eigenvalue weighted by atomic mass is 9.91. The summed E-state index contributed by atoms with van der Waals surface area (Å²) < 4.78 is 51.6. The molecule has 12 atom stereocenters. The minimum absolute atomic E-state index is 0.0537. The second kappa shape index (κ2) is 12.6. The number of nitrogens with zero attached hydrogens (tertiary/aromatic N) is 4. The molecule has 10 N–H and O–H groups in total. The number of nitrogens with two attached hydrogens (primary N) is 1. The predicted octanol–water partition coefficient (Wildman–Crippen LogP) is -2.84. The van der Waals surface area contributed by atoms with E-state index in [2.05, 4.69) is 36.0 Å². The summed E-state index contributed by atoms with van der Waals surface area (Å²) in [6.45, 7) is -5.04. The largest absolute Gasteiger partial charge is 0.482 e. The molecule has 0 aromatic carbocycles. The molecule has 0 spiro atoms. The van der Waals surface area contributed by atoms with E-state index in [1.165, 1.54) is 10.9 Å². The van der Waals surface area contributed by atoms with E-state index in [1.807, 2.05) is 0 Å². The van der Waals surface area contributed by atoms with Crippen molar-refractivity contribution in [2.75, 3.05) is 18.9 Å². The van der Waals surface area contributed by atoms with Crippen LogP contribution in [0.1, 0.15) is 19.6 Å². The first-order valence-electron chi connectivity index (χ1n) is 12.2. The van der Waals surface area contributed by atoms with Gasteiger partial charge in [-0.05, 0) is 6.42 Å². The number of ether oxygens (including phenoxy) is 2. The van der Waals surface area contributed by atoms with Gasteiger partial charge in [-0.15, -0.1) is 0 Å². The zero-order valence-electron chi connectivity index (χ0n) is 21.6. The summed E-state index contributed by atoms with van der Waals surface area (Å²) in [7, 11) is -5.50. The number of aromatic nitrogens is 4. The first kappa shape index (κ1) is 33.5. The Labute approximate surface area is 241 Å². The van der Waals surface area contributed by atoms with Gasteiger partial charge in [-0.1, -0.05) is 19.2 Å². The van der Waals surface area contributed by atoms with Crippen LogP contribution in [0, 0.1) is 0 Å². The molecule has 2 aromatic heterocycles. The third-order valence-electron chi connectivity index (χ3n) is 6.82. The molecule has 20 nitrogen and oxygen atoms in total. The van der Waals surface area contributed by atoms with Crippen molar-refractivity contribution >= 4 is 43.9 Å². The first-order valence-corrected chi connectivity index (χ1v) is 16.4. The molecule has 238 valence electrons. The number of phosphoric acid groups is 1. The zero-order valence-corrected chi connectivity index (χ0v) is 24.3. The van der Waals surface area contributed by atoms with Gasteiger partial charge in [0.05, 0.1) is 19.5 Å². The Bertz CT molecular complexity index is 1360. The molecular formula is C19H31N5O15P2S. The topological polar surface area (TPSA) is 312 Å². The van der Waals surface area contributed by atoms with Gasteiger partial charge in [-0.25, -0.2) is 24.1 Å². The number of hydrogen-bond acceptors (Lipinski definition) is 18. The molecule has 2 aliphatic rings. The van der Waals surface area contributed by atoms with Crippen LogP contribution in [0.15, 0.2) is 12.7 Å². The number of fused-ring (bicyclic) bond motifs is 1. The van der Waals surface area contributed by atoms with E-state index in [0.717, 1.165) is 6.33 Å². The minimum Gasteiger partial charge on any atom is -0.394 e. The molecule has 2 saturated heterocycles. The van der Waals surface area contributed by atoms with E-state index in [-0.39, 0.29) is 23.4 Å². The molecule has 2 fully saturated rings. The van der Waals surface area contributed by atoms with E-state index in [0.29, 0.717) is 0 Å². The highest BCUT2D eigenvalue weighted by Gasteiger charge is 2.56. The molecule has 2 aliphatic heterocycles. The number of hydrogen-bond donors (Lipinski definition) is 10. The summed E-state index contributed by atoms with van der Waals surface area (Å²) in [5, 5.41) is 71.0. The highest BCUT2D eigenvalue weighted by atomic mass is 32.7. The van der Waals surface area contributed by atoms with Crippen molar-refractivity contribution in [3.8, 4) is 0 Å². The third-order valence-corrected chi connectivity index (χ3v) is 10.4. The fourth-order valence-corrected chi connectivity index (χ4v) is 7.73. The summed E-state index contributed by atoms with van der Waals surface area (Å²) in [6.07, 6.45) is -13.9. The Morgan fingerprint density at radius 2 is 1.86 bits per heavy atom. The number of rotatable bonds is 11. The summed E-state index contributed by atoms with van der Waals surface area (Å²) >= 11 is 3.62. The van der Waals surface area contributed by atoms with Crippen LogP contribution in [0.2, 0.25) is 0 Å². The Morgan fingerprint density at radius 1 is 1.17 bits per heavy atom. The standard InChI is InChI=1S/C19H31N5O15P2S/c1-2-19(31)14(30)8(36-18(19)24-6-23-9-15(20)21-5-22-16(9)24)4-35-41(34,42)39-40(32,33)38-17-12(29)10(27)11(28)13(37-17)7(26)3-25/h5-8,10-14,17-18,25-31H,2-4H2,1H3,(H,32,33)(H,34,42)(H2,20,21,22)/t7-,8+,10?,11?,12?,13?,14+,17?,18+,19+,41?/m0/s1. The normalized spacial score (nSPS) is 37.4. The number of phosphoric ester groups is 1. The zero-order chi connectivity index (χ0) is 31.2. The summed E-state index contributed by atoms with van der Waals surface area (Å²) in [4.78, 5) is 22.1. The molecule has 0 amide bonds. The Hall–Kier alpha value is -1.36. The maximum absolute atomic E-state index is 12.8.